The van der Waals surface area contributed by atoms with E-state index in [0.29, 0.717) is 22.8 Å². The summed E-state index contributed by atoms with van der Waals surface area (Å²) in [4.78, 5) is 12.8. The van der Waals surface area contributed by atoms with Gasteiger partial charge in [-0.05, 0) is 30.7 Å². The summed E-state index contributed by atoms with van der Waals surface area (Å²) in [7, 11) is 0. The molecule has 0 spiro atoms. The number of aromatic nitrogens is 2. The van der Waals surface area contributed by atoms with Crippen LogP contribution in [0.15, 0.2) is 47.5 Å². The summed E-state index contributed by atoms with van der Waals surface area (Å²) in [5, 5.41) is 10.5. The second kappa shape index (κ2) is 5.59. The van der Waals surface area contributed by atoms with Gasteiger partial charge in [0, 0.05) is 12.4 Å². The maximum Gasteiger partial charge on any atom is 0.281 e. The van der Waals surface area contributed by atoms with Crippen LogP contribution in [0, 0.1) is 5.82 Å². The highest BCUT2D eigenvalue weighted by atomic mass is 35.5. The molecule has 1 unspecified atom stereocenters. The van der Waals surface area contributed by atoms with Crippen LogP contribution in [-0.4, -0.2) is 14.1 Å². The molecule has 1 aromatic carbocycles. The van der Waals surface area contributed by atoms with Crippen molar-refractivity contribution in [3.63, 3.8) is 0 Å². The van der Waals surface area contributed by atoms with E-state index in [-0.39, 0.29) is 5.52 Å². The second-order valence-electron chi connectivity index (χ2n) is 5.02. The van der Waals surface area contributed by atoms with Crippen molar-refractivity contribution in [1.82, 2.24) is 8.97 Å². The van der Waals surface area contributed by atoms with E-state index in [1.807, 2.05) is 0 Å². The van der Waals surface area contributed by atoms with Crippen molar-refractivity contribution in [3.8, 4) is 5.69 Å². The van der Waals surface area contributed by atoms with Gasteiger partial charge in [-0.25, -0.2) is 4.39 Å². The topological polar surface area (TPSA) is 46.6 Å². The first kappa shape index (κ1) is 14.8. The predicted octanol–water partition coefficient (Wildman–Crippen LogP) is 3.33. The zero-order chi connectivity index (χ0) is 15.9. The van der Waals surface area contributed by atoms with Crippen LogP contribution in [0.25, 0.3) is 11.2 Å². The van der Waals surface area contributed by atoms with Gasteiger partial charge in [-0.2, -0.15) is 0 Å². The molecule has 1 N–H and O–H groups in total. The number of hydrogen-bond acceptors (Lipinski definition) is 2. The zero-order valence-electron chi connectivity index (χ0n) is 11.8. The lowest BCUT2D eigenvalue weighted by Crippen LogP contribution is -2.25. The number of aliphatic hydroxyl groups is 1. The number of hydrogen-bond donors (Lipinski definition) is 1. The molecule has 2 aromatic heterocycles. The minimum atomic E-state index is -0.846. The number of rotatable bonds is 3. The highest BCUT2D eigenvalue weighted by Crippen LogP contribution is 2.23. The molecule has 22 heavy (non-hydrogen) atoms. The number of aliphatic hydroxyl groups excluding tert-OH is 1. The quantitative estimate of drug-likeness (QED) is 0.804. The standard InChI is InChI=1S/C16H14ClFN2O2/c1-2-14(21)13-9-19-7-6-12(17)15(19)16(22)20(13)11-5-3-4-10(18)8-11/h3-9,14,21H,2H2,1H3. The molecule has 2 heterocycles. The lowest BCUT2D eigenvalue weighted by molar-refractivity contribution is 0.165. The molecule has 114 valence electrons. The van der Waals surface area contributed by atoms with Crippen molar-refractivity contribution in [1.29, 1.82) is 0 Å². The van der Waals surface area contributed by atoms with Crippen LogP contribution >= 0.6 is 11.6 Å². The Morgan fingerprint density at radius 2 is 2.14 bits per heavy atom. The Hall–Kier alpha value is -2.11. The van der Waals surface area contributed by atoms with Gasteiger partial charge in [0.05, 0.1) is 22.5 Å². The summed E-state index contributed by atoms with van der Waals surface area (Å²) in [6, 6.07) is 7.29. The van der Waals surface area contributed by atoms with Gasteiger partial charge in [0.25, 0.3) is 5.56 Å². The third kappa shape index (κ3) is 2.32. The van der Waals surface area contributed by atoms with E-state index in [1.54, 1.807) is 35.9 Å². The summed E-state index contributed by atoms with van der Waals surface area (Å²) in [5.74, 6) is -0.456. The van der Waals surface area contributed by atoms with Gasteiger partial charge < -0.3 is 9.51 Å². The van der Waals surface area contributed by atoms with Crippen LogP contribution in [0.5, 0.6) is 0 Å². The van der Waals surface area contributed by atoms with Gasteiger partial charge >= 0.3 is 0 Å². The highest BCUT2D eigenvalue weighted by Gasteiger charge is 2.18. The fourth-order valence-electron chi connectivity index (χ4n) is 2.49. The second-order valence-corrected chi connectivity index (χ2v) is 5.43. The van der Waals surface area contributed by atoms with Crippen LogP contribution in [-0.2, 0) is 0 Å². The Morgan fingerprint density at radius 1 is 1.36 bits per heavy atom. The normalized spacial score (nSPS) is 12.7. The van der Waals surface area contributed by atoms with Crippen molar-refractivity contribution >= 4 is 17.1 Å². The molecule has 6 heteroatoms. The van der Waals surface area contributed by atoms with Crippen LogP contribution in [0.2, 0.25) is 5.02 Å². The summed E-state index contributed by atoms with van der Waals surface area (Å²) >= 11 is 6.06. The monoisotopic (exact) mass is 320 g/mol. The average molecular weight is 321 g/mol. The molecule has 3 rings (SSSR count). The third-order valence-corrected chi connectivity index (χ3v) is 3.90. The fourth-order valence-corrected chi connectivity index (χ4v) is 2.73. The van der Waals surface area contributed by atoms with Crippen molar-refractivity contribution in [2.24, 2.45) is 0 Å². The average Bonchev–Trinajstić information content (AvgIpc) is 2.87. The van der Waals surface area contributed by atoms with Crippen LogP contribution < -0.4 is 5.56 Å². The molecule has 0 aliphatic rings. The summed E-state index contributed by atoms with van der Waals surface area (Å²) in [6.45, 7) is 1.80. The lowest BCUT2D eigenvalue weighted by atomic mass is 10.2. The Labute approximate surface area is 131 Å². The lowest BCUT2D eigenvalue weighted by Gasteiger charge is -2.17. The van der Waals surface area contributed by atoms with Gasteiger partial charge in [0.15, 0.2) is 0 Å². The molecule has 3 aromatic rings. The van der Waals surface area contributed by atoms with Crippen molar-refractivity contribution < 1.29 is 9.50 Å². The molecule has 4 nitrogen and oxygen atoms in total. The van der Waals surface area contributed by atoms with Crippen LogP contribution in [0.1, 0.15) is 25.1 Å². The maximum atomic E-state index is 13.5. The Morgan fingerprint density at radius 3 is 2.82 bits per heavy atom. The summed E-state index contributed by atoms with van der Waals surface area (Å²) < 4.78 is 16.4. The smallest absolute Gasteiger partial charge is 0.281 e. The van der Waals surface area contributed by atoms with E-state index in [4.69, 9.17) is 11.6 Å². The molecular weight excluding hydrogens is 307 g/mol. The van der Waals surface area contributed by atoms with E-state index in [2.05, 4.69) is 0 Å². The molecule has 0 saturated carbocycles. The molecule has 1 atom stereocenters. The molecule has 0 radical (unpaired) electrons. The number of halogens is 2. The Balaban J connectivity index is 2.41. The molecule has 0 aliphatic heterocycles. The van der Waals surface area contributed by atoms with Gasteiger partial charge in [-0.15, -0.1) is 0 Å². The van der Waals surface area contributed by atoms with Crippen LogP contribution in [0.3, 0.4) is 0 Å². The Bertz CT molecular complexity index is 901. The molecule has 0 bridgehead atoms. The van der Waals surface area contributed by atoms with E-state index in [9.17, 15) is 14.3 Å². The highest BCUT2D eigenvalue weighted by molar-refractivity contribution is 6.33. The van der Waals surface area contributed by atoms with Gasteiger partial charge in [-0.1, -0.05) is 24.6 Å². The summed E-state index contributed by atoms with van der Waals surface area (Å²) in [5.41, 5.74) is 0.633. The van der Waals surface area contributed by atoms with Crippen LogP contribution in [0.4, 0.5) is 4.39 Å². The molecule has 0 amide bonds. The first-order valence-electron chi connectivity index (χ1n) is 6.89. The van der Waals surface area contributed by atoms with E-state index < -0.39 is 17.5 Å². The first-order valence-corrected chi connectivity index (χ1v) is 7.27. The number of benzene rings is 1. The fraction of sp³-hybridized carbons (Fsp3) is 0.188. The predicted molar refractivity (Wildman–Crippen MR) is 83.2 cm³/mol. The van der Waals surface area contributed by atoms with Gasteiger partial charge in [0.2, 0.25) is 0 Å². The minimum Gasteiger partial charge on any atom is -0.387 e. The molecule has 0 aliphatic carbocycles. The van der Waals surface area contributed by atoms with Gasteiger partial charge in [-0.3, -0.25) is 9.36 Å². The summed E-state index contributed by atoms with van der Waals surface area (Å²) in [6.07, 6.45) is 2.87. The van der Waals surface area contributed by atoms with Gasteiger partial charge in [0.1, 0.15) is 11.3 Å². The number of fused-ring (bicyclic) bond motifs is 1. The van der Waals surface area contributed by atoms with Crippen molar-refractivity contribution in [2.75, 3.05) is 0 Å². The number of nitrogens with zero attached hydrogens (tertiary/aromatic N) is 2. The molecule has 0 fully saturated rings. The first-order chi connectivity index (χ1) is 10.5. The molecular formula is C16H14ClFN2O2. The third-order valence-electron chi connectivity index (χ3n) is 3.60. The SMILES string of the molecule is CCC(O)c1cn2ccc(Cl)c2c(=O)n1-c1cccc(F)c1. The van der Waals surface area contributed by atoms with E-state index in [0.717, 1.165) is 0 Å². The van der Waals surface area contributed by atoms with Crippen molar-refractivity contribution in [2.45, 2.75) is 19.4 Å². The minimum absolute atomic E-state index is 0.290. The molecule has 0 saturated heterocycles. The largest absolute Gasteiger partial charge is 0.387 e. The van der Waals surface area contributed by atoms with E-state index in [1.165, 1.54) is 22.8 Å². The van der Waals surface area contributed by atoms with Crippen molar-refractivity contribution in [3.05, 3.63) is 69.6 Å². The Kier molecular flexibility index (Phi) is 3.76. The zero-order valence-corrected chi connectivity index (χ0v) is 12.6. The maximum absolute atomic E-state index is 13.5. The van der Waals surface area contributed by atoms with E-state index >= 15 is 0 Å².